The average Bonchev–Trinajstić information content (AvgIpc) is 2.41. The van der Waals surface area contributed by atoms with Gasteiger partial charge in [0.1, 0.15) is 0 Å². The maximum Gasteiger partial charge on any atom is 0.0563 e. The van der Waals surface area contributed by atoms with Crippen LogP contribution in [0.5, 0.6) is 0 Å². The van der Waals surface area contributed by atoms with Crippen LogP contribution < -0.4 is 5.73 Å². The normalized spacial score (nSPS) is 12.7. The molecule has 0 aliphatic rings. The molecule has 0 fully saturated rings. The van der Waals surface area contributed by atoms with Gasteiger partial charge in [0, 0.05) is 9.50 Å². The Kier molecular flexibility index (Phi) is 4.67. The molecule has 2 N–H and O–H groups in total. The van der Waals surface area contributed by atoms with E-state index in [9.17, 15) is 0 Å². The van der Waals surface area contributed by atoms with Gasteiger partial charge in [-0.2, -0.15) is 0 Å². The van der Waals surface area contributed by atoms with Crippen molar-refractivity contribution in [3.05, 3.63) is 68.7 Å². The Hall–Kier alpha value is -0.830. The summed E-state index contributed by atoms with van der Waals surface area (Å²) in [6.45, 7) is 4.37. The molecule has 2 rings (SSSR count). The summed E-state index contributed by atoms with van der Waals surface area (Å²) in [6, 6.07) is 14.0. The zero-order valence-corrected chi connectivity index (χ0v) is 13.4. The number of rotatable bonds is 3. The molecule has 0 heterocycles. The first kappa shape index (κ1) is 14.6. The van der Waals surface area contributed by atoms with E-state index in [0.29, 0.717) is 10.9 Å². The first-order valence-corrected chi connectivity index (χ1v) is 7.46. The molecule has 1 nitrogen and oxygen atoms in total. The van der Waals surface area contributed by atoms with Crippen molar-refractivity contribution in [1.29, 1.82) is 0 Å². The van der Waals surface area contributed by atoms with Crippen LogP contribution in [0.15, 0.2) is 46.9 Å². The van der Waals surface area contributed by atoms with Gasteiger partial charge in [-0.15, -0.1) is 0 Å². The predicted octanol–water partition coefficient (Wildman–Crippen LogP) is 5.27. The van der Waals surface area contributed by atoms with Crippen LogP contribution in [0.2, 0.25) is 5.02 Å². The molecule has 0 bridgehead atoms. The standard InChI is InChI=1S/C16H17BrClN/c1-10(2)11-3-5-12(6-4-11)16(19)14-9-13(18)7-8-15(14)17/h3-10,16H,19H2,1-2H3. The Morgan fingerprint density at radius 2 is 1.58 bits per heavy atom. The molecular formula is C16H17BrClN. The van der Waals surface area contributed by atoms with Crippen LogP contribution >= 0.6 is 27.5 Å². The van der Waals surface area contributed by atoms with E-state index in [2.05, 4.69) is 54.0 Å². The van der Waals surface area contributed by atoms with Crippen molar-refractivity contribution in [3.8, 4) is 0 Å². The number of nitrogens with two attached hydrogens (primary N) is 1. The maximum absolute atomic E-state index is 6.32. The van der Waals surface area contributed by atoms with Gasteiger partial charge < -0.3 is 5.73 Å². The van der Waals surface area contributed by atoms with Crippen molar-refractivity contribution >= 4 is 27.5 Å². The first-order valence-electron chi connectivity index (χ1n) is 6.29. The van der Waals surface area contributed by atoms with Crippen LogP contribution in [-0.2, 0) is 0 Å². The number of hydrogen-bond donors (Lipinski definition) is 1. The first-order chi connectivity index (χ1) is 8.99. The SMILES string of the molecule is CC(C)c1ccc(C(N)c2cc(Cl)ccc2Br)cc1. The minimum Gasteiger partial charge on any atom is -0.320 e. The second-order valence-electron chi connectivity index (χ2n) is 4.96. The third-order valence-electron chi connectivity index (χ3n) is 3.26. The highest BCUT2D eigenvalue weighted by Gasteiger charge is 2.13. The van der Waals surface area contributed by atoms with Gasteiger partial charge >= 0.3 is 0 Å². The molecule has 0 saturated heterocycles. The quantitative estimate of drug-likeness (QED) is 0.810. The predicted molar refractivity (Wildman–Crippen MR) is 85.7 cm³/mol. The Morgan fingerprint density at radius 3 is 2.16 bits per heavy atom. The fourth-order valence-electron chi connectivity index (χ4n) is 2.02. The van der Waals surface area contributed by atoms with Crippen molar-refractivity contribution < 1.29 is 0 Å². The summed E-state index contributed by atoms with van der Waals surface area (Å²) in [5.74, 6) is 0.531. The summed E-state index contributed by atoms with van der Waals surface area (Å²) in [5, 5.41) is 0.701. The molecule has 0 aliphatic carbocycles. The van der Waals surface area contributed by atoms with Gasteiger partial charge in [0.25, 0.3) is 0 Å². The summed E-state index contributed by atoms with van der Waals surface area (Å²) in [7, 11) is 0. The number of hydrogen-bond acceptors (Lipinski definition) is 1. The lowest BCUT2D eigenvalue weighted by Crippen LogP contribution is -2.12. The number of halogens is 2. The summed E-state index contributed by atoms with van der Waals surface area (Å²) >= 11 is 9.57. The molecule has 100 valence electrons. The van der Waals surface area contributed by atoms with E-state index in [1.54, 1.807) is 0 Å². The van der Waals surface area contributed by atoms with Crippen molar-refractivity contribution in [2.45, 2.75) is 25.8 Å². The van der Waals surface area contributed by atoms with E-state index in [4.69, 9.17) is 17.3 Å². The third-order valence-corrected chi connectivity index (χ3v) is 4.21. The molecule has 1 atom stereocenters. The summed E-state index contributed by atoms with van der Waals surface area (Å²) in [5.41, 5.74) is 9.74. The highest BCUT2D eigenvalue weighted by Crippen LogP contribution is 2.30. The third kappa shape index (κ3) is 3.38. The Bertz CT molecular complexity index is 563. The van der Waals surface area contributed by atoms with Crippen molar-refractivity contribution in [2.24, 2.45) is 5.73 Å². The largest absolute Gasteiger partial charge is 0.320 e. The van der Waals surface area contributed by atoms with Crippen LogP contribution in [0.3, 0.4) is 0 Å². The minimum absolute atomic E-state index is 0.172. The van der Waals surface area contributed by atoms with E-state index in [0.717, 1.165) is 15.6 Å². The molecule has 0 radical (unpaired) electrons. The summed E-state index contributed by atoms with van der Waals surface area (Å²) in [4.78, 5) is 0. The fraction of sp³-hybridized carbons (Fsp3) is 0.250. The van der Waals surface area contributed by atoms with E-state index in [1.807, 2.05) is 18.2 Å². The molecule has 1 unspecified atom stereocenters. The van der Waals surface area contributed by atoms with E-state index < -0.39 is 0 Å². The van der Waals surface area contributed by atoms with Crippen LogP contribution in [-0.4, -0.2) is 0 Å². The molecule has 0 spiro atoms. The van der Waals surface area contributed by atoms with Gasteiger partial charge in [0.05, 0.1) is 6.04 Å². The van der Waals surface area contributed by atoms with Crippen LogP contribution in [0.1, 0.15) is 42.5 Å². The highest BCUT2D eigenvalue weighted by atomic mass is 79.9. The van der Waals surface area contributed by atoms with Gasteiger partial charge in [0.15, 0.2) is 0 Å². The summed E-state index contributed by atoms with van der Waals surface area (Å²) in [6.07, 6.45) is 0. The lowest BCUT2D eigenvalue weighted by molar-refractivity contribution is 0.845. The van der Waals surface area contributed by atoms with E-state index in [1.165, 1.54) is 5.56 Å². The molecule has 0 saturated carbocycles. The molecule has 0 aliphatic heterocycles. The Morgan fingerprint density at radius 1 is 1.00 bits per heavy atom. The lowest BCUT2D eigenvalue weighted by Gasteiger charge is -2.16. The molecule has 2 aromatic rings. The molecule has 0 amide bonds. The zero-order chi connectivity index (χ0) is 14.0. The van der Waals surface area contributed by atoms with Gasteiger partial charge in [-0.1, -0.05) is 65.6 Å². The minimum atomic E-state index is -0.172. The van der Waals surface area contributed by atoms with Gasteiger partial charge in [-0.25, -0.2) is 0 Å². The van der Waals surface area contributed by atoms with Crippen LogP contribution in [0.25, 0.3) is 0 Å². The molecule has 2 aromatic carbocycles. The van der Waals surface area contributed by atoms with Crippen molar-refractivity contribution in [3.63, 3.8) is 0 Å². The topological polar surface area (TPSA) is 26.0 Å². The fourth-order valence-corrected chi connectivity index (χ4v) is 2.69. The maximum atomic E-state index is 6.32. The Balaban J connectivity index is 2.33. The zero-order valence-electron chi connectivity index (χ0n) is 11.0. The highest BCUT2D eigenvalue weighted by molar-refractivity contribution is 9.10. The number of benzene rings is 2. The second-order valence-corrected chi connectivity index (χ2v) is 6.26. The Labute approximate surface area is 127 Å². The smallest absolute Gasteiger partial charge is 0.0563 e. The van der Waals surface area contributed by atoms with Crippen molar-refractivity contribution in [2.75, 3.05) is 0 Å². The molecule has 3 heteroatoms. The van der Waals surface area contributed by atoms with E-state index in [-0.39, 0.29) is 6.04 Å². The van der Waals surface area contributed by atoms with Crippen molar-refractivity contribution in [1.82, 2.24) is 0 Å². The van der Waals surface area contributed by atoms with Crippen LogP contribution in [0, 0.1) is 0 Å². The molecule has 0 aromatic heterocycles. The lowest BCUT2D eigenvalue weighted by atomic mass is 9.96. The summed E-state index contributed by atoms with van der Waals surface area (Å²) < 4.78 is 0.984. The van der Waals surface area contributed by atoms with Gasteiger partial charge in [0.2, 0.25) is 0 Å². The van der Waals surface area contributed by atoms with Gasteiger partial charge in [-0.3, -0.25) is 0 Å². The molecular weight excluding hydrogens is 322 g/mol. The van der Waals surface area contributed by atoms with Crippen LogP contribution in [0.4, 0.5) is 0 Å². The second kappa shape index (κ2) is 6.08. The van der Waals surface area contributed by atoms with E-state index >= 15 is 0 Å². The molecule has 19 heavy (non-hydrogen) atoms. The monoisotopic (exact) mass is 337 g/mol. The van der Waals surface area contributed by atoms with Gasteiger partial charge in [-0.05, 0) is 40.8 Å². The average molecular weight is 339 g/mol.